The van der Waals surface area contributed by atoms with Crippen LogP contribution in [0.25, 0.3) is 27.8 Å². The summed E-state index contributed by atoms with van der Waals surface area (Å²) in [5, 5.41) is 10.8. The van der Waals surface area contributed by atoms with Crippen LogP contribution in [-0.4, -0.2) is 38.7 Å². The Bertz CT molecular complexity index is 1290. The van der Waals surface area contributed by atoms with Crippen molar-refractivity contribution in [3.63, 3.8) is 0 Å². The molecule has 8 heteroatoms. The molecule has 4 heterocycles. The van der Waals surface area contributed by atoms with Gasteiger partial charge in [0.05, 0.1) is 22.7 Å². The number of rotatable bonds is 4. The van der Waals surface area contributed by atoms with Crippen LogP contribution >= 0.6 is 11.3 Å². The third-order valence-corrected chi connectivity index (χ3v) is 8.24. The van der Waals surface area contributed by atoms with Crippen molar-refractivity contribution >= 4 is 23.4 Å². The standard InChI is InChI=1S/C27H26F2N2O3S/c1-15-6-11-22(35-15)24-21(5-4-12-30-24)18-7-8-19(31-13-18)9-10-20-16(2)27(28,29)14-26(33)23(20)17(3)34-25(26)32/h4-13,16-17,20,23,33H,14H2,1-3H3. The third-order valence-electron chi connectivity index (χ3n) is 7.24. The number of alkyl halides is 2. The highest BCUT2D eigenvalue weighted by Crippen LogP contribution is 2.54. The van der Waals surface area contributed by atoms with Crippen molar-refractivity contribution in [1.82, 2.24) is 9.97 Å². The van der Waals surface area contributed by atoms with Crippen molar-refractivity contribution in [1.29, 1.82) is 0 Å². The number of halogens is 2. The highest BCUT2D eigenvalue weighted by molar-refractivity contribution is 7.15. The fourth-order valence-electron chi connectivity index (χ4n) is 5.36. The number of allylic oxidation sites excluding steroid dienone is 1. The number of carbonyl (C=O) groups excluding carboxylic acids is 1. The van der Waals surface area contributed by atoms with Crippen molar-refractivity contribution < 1.29 is 23.4 Å². The summed E-state index contributed by atoms with van der Waals surface area (Å²) in [6, 6.07) is 11.7. The molecule has 0 spiro atoms. The largest absolute Gasteiger partial charge is 0.460 e. The van der Waals surface area contributed by atoms with Gasteiger partial charge in [0.25, 0.3) is 5.92 Å². The number of hydrogen-bond acceptors (Lipinski definition) is 6. The topological polar surface area (TPSA) is 72.3 Å². The van der Waals surface area contributed by atoms with E-state index in [-0.39, 0.29) is 0 Å². The lowest BCUT2D eigenvalue weighted by Crippen LogP contribution is -2.57. The minimum absolute atomic E-state index is 0.591. The molecule has 0 bridgehead atoms. The van der Waals surface area contributed by atoms with E-state index in [1.165, 1.54) is 11.8 Å². The lowest BCUT2D eigenvalue weighted by Gasteiger charge is -2.45. The van der Waals surface area contributed by atoms with Crippen molar-refractivity contribution in [3.05, 3.63) is 65.4 Å². The van der Waals surface area contributed by atoms with Crippen LogP contribution < -0.4 is 0 Å². The molecule has 2 fully saturated rings. The summed E-state index contributed by atoms with van der Waals surface area (Å²) < 4.78 is 34.7. The first kappa shape index (κ1) is 23.8. The second-order valence-corrected chi connectivity index (χ2v) is 10.8. The number of fused-ring (bicyclic) bond motifs is 1. The Balaban J connectivity index is 1.43. The molecule has 1 aliphatic carbocycles. The maximum Gasteiger partial charge on any atom is 0.339 e. The number of cyclic esters (lactones) is 1. The van der Waals surface area contributed by atoms with Gasteiger partial charge in [0.1, 0.15) is 6.10 Å². The molecule has 5 nitrogen and oxygen atoms in total. The number of aryl methyl sites for hydroxylation is 1. The van der Waals surface area contributed by atoms with E-state index >= 15 is 0 Å². The smallest absolute Gasteiger partial charge is 0.339 e. The molecule has 5 rings (SSSR count). The summed E-state index contributed by atoms with van der Waals surface area (Å²) in [6.07, 6.45) is 5.25. The summed E-state index contributed by atoms with van der Waals surface area (Å²) in [7, 11) is 0. The molecule has 1 saturated carbocycles. The van der Waals surface area contributed by atoms with E-state index < -0.39 is 47.8 Å². The number of thiophene rings is 1. The highest BCUT2D eigenvalue weighted by Gasteiger charge is 2.67. The summed E-state index contributed by atoms with van der Waals surface area (Å²) in [5.41, 5.74) is 1.14. The molecule has 0 radical (unpaired) electrons. The first-order chi connectivity index (χ1) is 16.6. The van der Waals surface area contributed by atoms with Crippen LogP contribution in [-0.2, 0) is 9.53 Å². The van der Waals surface area contributed by atoms with Crippen LogP contribution in [0.1, 0.15) is 30.8 Å². The Morgan fingerprint density at radius 2 is 1.97 bits per heavy atom. The number of esters is 1. The summed E-state index contributed by atoms with van der Waals surface area (Å²) >= 11 is 1.67. The van der Waals surface area contributed by atoms with Gasteiger partial charge in [-0.1, -0.05) is 25.1 Å². The average Bonchev–Trinajstić information content (AvgIpc) is 3.34. The average molecular weight is 497 g/mol. The second-order valence-electron chi connectivity index (χ2n) is 9.51. The van der Waals surface area contributed by atoms with E-state index in [2.05, 4.69) is 29.0 Å². The molecule has 0 amide bonds. The molecule has 3 aromatic rings. The highest BCUT2D eigenvalue weighted by atomic mass is 32.1. The number of aliphatic hydroxyl groups is 1. The predicted molar refractivity (Wildman–Crippen MR) is 131 cm³/mol. The number of carbonyl (C=O) groups is 1. The van der Waals surface area contributed by atoms with Crippen LogP contribution in [0.5, 0.6) is 0 Å². The molecule has 182 valence electrons. The molecule has 35 heavy (non-hydrogen) atoms. The van der Waals surface area contributed by atoms with Crippen molar-refractivity contribution in [2.24, 2.45) is 17.8 Å². The minimum Gasteiger partial charge on any atom is -0.460 e. The number of pyridine rings is 2. The van der Waals surface area contributed by atoms with Gasteiger partial charge < -0.3 is 9.84 Å². The van der Waals surface area contributed by atoms with Crippen molar-refractivity contribution in [3.8, 4) is 21.7 Å². The zero-order valence-electron chi connectivity index (χ0n) is 19.6. The zero-order valence-corrected chi connectivity index (χ0v) is 20.4. The summed E-state index contributed by atoms with van der Waals surface area (Å²) in [4.78, 5) is 23.6. The SMILES string of the molecule is Cc1ccc(-c2ncccc2-c2ccc(C=CC3C(C)C(F)(F)CC4(O)C(=O)OC(C)C34)nc2)s1. The van der Waals surface area contributed by atoms with Gasteiger partial charge in [0, 0.05) is 40.2 Å². The number of aromatic nitrogens is 2. The first-order valence-electron chi connectivity index (χ1n) is 11.6. The van der Waals surface area contributed by atoms with Gasteiger partial charge in [0.15, 0.2) is 5.60 Å². The van der Waals surface area contributed by atoms with Gasteiger partial charge in [0.2, 0.25) is 0 Å². The quantitative estimate of drug-likeness (QED) is 0.464. The lowest BCUT2D eigenvalue weighted by atomic mass is 9.62. The molecule has 3 aromatic heterocycles. The molecular formula is C27H26F2N2O3S. The second kappa shape index (κ2) is 8.60. The van der Waals surface area contributed by atoms with Crippen LogP contribution in [0.15, 0.2) is 54.9 Å². The Labute approximate surface area is 206 Å². The zero-order chi connectivity index (χ0) is 25.0. The number of ether oxygens (including phenoxy) is 1. The van der Waals surface area contributed by atoms with Crippen molar-refractivity contribution in [2.45, 2.75) is 44.8 Å². The summed E-state index contributed by atoms with van der Waals surface area (Å²) in [6.45, 7) is 5.15. The first-order valence-corrected chi connectivity index (χ1v) is 12.4. The summed E-state index contributed by atoms with van der Waals surface area (Å²) in [5.74, 6) is -6.72. The van der Waals surface area contributed by atoms with E-state index in [4.69, 9.17) is 4.74 Å². The predicted octanol–water partition coefficient (Wildman–Crippen LogP) is 5.78. The third kappa shape index (κ3) is 4.08. The van der Waals surface area contributed by atoms with Gasteiger partial charge >= 0.3 is 5.97 Å². The van der Waals surface area contributed by atoms with Gasteiger partial charge in [-0.15, -0.1) is 11.3 Å². The van der Waals surface area contributed by atoms with Gasteiger partial charge in [-0.05, 0) is 50.1 Å². The number of nitrogens with zero attached hydrogens (tertiary/aromatic N) is 2. The van der Waals surface area contributed by atoms with Crippen LogP contribution in [0.2, 0.25) is 0 Å². The van der Waals surface area contributed by atoms with Crippen LogP contribution in [0, 0.1) is 24.7 Å². The Hall–Kier alpha value is -2.97. The monoisotopic (exact) mass is 496 g/mol. The lowest BCUT2D eigenvalue weighted by molar-refractivity contribution is -0.193. The van der Waals surface area contributed by atoms with Gasteiger partial charge in [-0.25, -0.2) is 13.6 Å². The maximum absolute atomic E-state index is 14.8. The number of hydrogen-bond donors (Lipinski definition) is 1. The molecule has 1 N–H and O–H groups in total. The molecule has 0 aromatic carbocycles. The molecule has 1 saturated heterocycles. The van der Waals surface area contributed by atoms with Gasteiger partial charge in [-0.2, -0.15) is 0 Å². The Morgan fingerprint density at radius 3 is 2.66 bits per heavy atom. The Morgan fingerprint density at radius 1 is 1.17 bits per heavy atom. The molecule has 5 atom stereocenters. The maximum atomic E-state index is 14.8. The van der Waals surface area contributed by atoms with Crippen molar-refractivity contribution in [2.75, 3.05) is 0 Å². The van der Waals surface area contributed by atoms with E-state index in [1.807, 2.05) is 24.3 Å². The van der Waals surface area contributed by atoms with Crippen LogP contribution in [0.3, 0.4) is 0 Å². The Kier molecular flexibility index (Phi) is 5.84. The molecule has 1 aliphatic heterocycles. The molecular weight excluding hydrogens is 470 g/mol. The van der Waals surface area contributed by atoms with E-state index in [1.54, 1.807) is 42.8 Å². The molecule has 2 aliphatic rings. The normalized spacial score (nSPS) is 29.8. The van der Waals surface area contributed by atoms with Gasteiger partial charge in [-0.3, -0.25) is 9.97 Å². The van der Waals surface area contributed by atoms with E-state index in [0.717, 1.165) is 21.7 Å². The fourth-order valence-corrected chi connectivity index (χ4v) is 6.24. The molecule has 5 unspecified atom stereocenters. The minimum atomic E-state index is -3.20. The fraction of sp³-hybridized carbons (Fsp3) is 0.370. The van der Waals surface area contributed by atoms with E-state index in [0.29, 0.717) is 5.69 Å². The van der Waals surface area contributed by atoms with Crippen LogP contribution in [0.4, 0.5) is 8.78 Å². The van der Waals surface area contributed by atoms with E-state index in [9.17, 15) is 18.7 Å².